The average molecular weight is 452 g/mol. The molecule has 2 heterocycles. The minimum atomic E-state index is -1.76. The van der Waals surface area contributed by atoms with Gasteiger partial charge in [0, 0.05) is 18.4 Å². The third kappa shape index (κ3) is 6.21. The minimum absolute atomic E-state index is 0.0618. The normalized spacial score (nSPS) is 40.7. The number of hydrogen-bond acceptors (Lipinski definition) is 12. The van der Waals surface area contributed by atoms with E-state index in [1.807, 2.05) is 0 Å². The van der Waals surface area contributed by atoms with Gasteiger partial charge >= 0.3 is 0 Å². The first-order chi connectivity index (χ1) is 14.7. The number of azide groups is 1. The number of carbonyl (C=O) groups excluding carboxylic acids is 1. The van der Waals surface area contributed by atoms with E-state index in [0.717, 1.165) is 0 Å². The fourth-order valence-electron chi connectivity index (χ4n) is 3.35. The summed E-state index contributed by atoms with van der Waals surface area (Å²) in [5.74, 6) is -0.547. The molecule has 2 fully saturated rings. The molecule has 0 aliphatic carbocycles. The molecule has 0 spiro atoms. The molecule has 178 valence electrons. The van der Waals surface area contributed by atoms with Gasteiger partial charge in [0.1, 0.15) is 48.8 Å². The first kappa shape index (κ1) is 25.6. The van der Waals surface area contributed by atoms with Crippen LogP contribution >= 0.6 is 0 Å². The molecule has 15 nitrogen and oxygen atoms in total. The van der Waals surface area contributed by atoms with Gasteiger partial charge in [-0.25, -0.2) is 0 Å². The van der Waals surface area contributed by atoms with Crippen LogP contribution in [0.1, 0.15) is 6.92 Å². The summed E-state index contributed by atoms with van der Waals surface area (Å²) in [6.45, 7) is -0.342. The van der Waals surface area contributed by atoms with Crippen LogP contribution in [0.15, 0.2) is 5.11 Å². The quantitative estimate of drug-likeness (QED) is 0.0772. The highest BCUT2D eigenvalue weighted by molar-refractivity contribution is 5.73. The molecule has 15 heteroatoms. The molecule has 0 aromatic heterocycles. The molecular weight excluding hydrogens is 424 g/mol. The Kier molecular flexibility index (Phi) is 9.80. The van der Waals surface area contributed by atoms with E-state index < -0.39 is 80.5 Å². The molecule has 31 heavy (non-hydrogen) atoms. The van der Waals surface area contributed by atoms with Crippen LogP contribution in [0.3, 0.4) is 0 Å². The number of ether oxygens (including phenoxy) is 4. The van der Waals surface area contributed by atoms with Crippen molar-refractivity contribution in [3.05, 3.63) is 10.4 Å². The lowest BCUT2D eigenvalue weighted by Crippen LogP contribution is -2.68. The number of hydrogen-bond donors (Lipinski definition) is 7. The first-order valence-electron chi connectivity index (χ1n) is 9.55. The summed E-state index contributed by atoms with van der Waals surface area (Å²) in [6, 6.07) is -1.17. The maximum absolute atomic E-state index is 11.7. The number of nitrogens with zero attached hydrogens (tertiary/aromatic N) is 3. The molecular formula is C16H28N4O11. The van der Waals surface area contributed by atoms with Gasteiger partial charge in [0.25, 0.3) is 0 Å². The van der Waals surface area contributed by atoms with Crippen LogP contribution in [0, 0.1) is 0 Å². The lowest BCUT2D eigenvalue weighted by molar-refractivity contribution is -0.344. The zero-order chi connectivity index (χ0) is 23.1. The van der Waals surface area contributed by atoms with Gasteiger partial charge in [-0.15, -0.1) is 0 Å². The van der Waals surface area contributed by atoms with E-state index in [1.54, 1.807) is 0 Å². The van der Waals surface area contributed by atoms with Gasteiger partial charge in [-0.3, -0.25) is 4.79 Å². The third-order valence-electron chi connectivity index (χ3n) is 4.90. The van der Waals surface area contributed by atoms with E-state index in [0.29, 0.717) is 0 Å². The number of aliphatic hydroxyl groups excluding tert-OH is 6. The van der Waals surface area contributed by atoms with Crippen molar-refractivity contribution < 1.29 is 54.4 Å². The second kappa shape index (κ2) is 11.8. The highest BCUT2D eigenvalue weighted by Gasteiger charge is 2.51. The van der Waals surface area contributed by atoms with Gasteiger partial charge < -0.3 is 54.9 Å². The van der Waals surface area contributed by atoms with Crippen LogP contribution < -0.4 is 5.32 Å². The average Bonchev–Trinajstić information content (AvgIpc) is 2.74. The summed E-state index contributed by atoms with van der Waals surface area (Å²) in [7, 11) is 0. The molecule has 7 N–H and O–H groups in total. The van der Waals surface area contributed by atoms with Crippen molar-refractivity contribution >= 4 is 5.91 Å². The van der Waals surface area contributed by atoms with E-state index in [1.165, 1.54) is 6.92 Å². The second-order valence-corrected chi connectivity index (χ2v) is 7.07. The Morgan fingerprint density at radius 2 is 1.65 bits per heavy atom. The Labute approximate surface area is 176 Å². The largest absolute Gasteiger partial charge is 0.394 e. The fraction of sp³-hybridized carbons (Fsp3) is 0.938. The van der Waals surface area contributed by atoms with Crippen molar-refractivity contribution in [3.8, 4) is 0 Å². The molecule has 2 rings (SSSR count). The Morgan fingerprint density at radius 1 is 1.03 bits per heavy atom. The van der Waals surface area contributed by atoms with Gasteiger partial charge in [-0.2, -0.15) is 0 Å². The first-order valence-corrected chi connectivity index (χ1v) is 9.55. The van der Waals surface area contributed by atoms with Gasteiger partial charge in [0.2, 0.25) is 5.91 Å². The van der Waals surface area contributed by atoms with Crippen LogP contribution in [0.25, 0.3) is 10.4 Å². The summed E-state index contributed by atoms with van der Waals surface area (Å²) in [4.78, 5) is 14.3. The molecule has 1 amide bonds. The molecule has 2 saturated heterocycles. The number of rotatable bonds is 9. The van der Waals surface area contributed by atoms with E-state index in [4.69, 9.17) is 24.5 Å². The van der Waals surface area contributed by atoms with Crippen LogP contribution in [0.2, 0.25) is 0 Å². The SMILES string of the molecule is CC(=O)N[C@H]1[C@H](OCCN=[N+]=[N-])O[C@H](CO)[C@@H](O)[C@@H]1O[C@@H]1O[C@H](CO)[C@H](O)[C@H](O)[C@H]1O. The Hall–Kier alpha value is -1.62. The predicted molar refractivity (Wildman–Crippen MR) is 98.0 cm³/mol. The molecule has 0 unspecified atom stereocenters. The van der Waals surface area contributed by atoms with Crippen molar-refractivity contribution in [1.29, 1.82) is 0 Å². The zero-order valence-electron chi connectivity index (χ0n) is 16.7. The van der Waals surface area contributed by atoms with E-state index >= 15 is 0 Å². The van der Waals surface area contributed by atoms with E-state index in [9.17, 15) is 35.4 Å². The zero-order valence-corrected chi connectivity index (χ0v) is 16.7. The molecule has 10 atom stereocenters. The fourth-order valence-corrected chi connectivity index (χ4v) is 3.35. The molecule has 2 aliphatic heterocycles. The maximum atomic E-state index is 11.7. The minimum Gasteiger partial charge on any atom is -0.394 e. The van der Waals surface area contributed by atoms with Gasteiger partial charge in [0.15, 0.2) is 12.6 Å². The number of carbonyl (C=O) groups is 1. The topological polar surface area (TPSA) is 236 Å². The predicted octanol–water partition coefficient (Wildman–Crippen LogP) is -3.92. The Bertz CT molecular complexity index is 635. The van der Waals surface area contributed by atoms with Crippen LogP contribution in [0.5, 0.6) is 0 Å². The summed E-state index contributed by atoms with van der Waals surface area (Å²) in [5.41, 5.74) is 8.35. The van der Waals surface area contributed by atoms with Gasteiger partial charge in [-0.05, 0) is 5.53 Å². The monoisotopic (exact) mass is 452 g/mol. The lowest BCUT2D eigenvalue weighted by atomic mass is 9.95. The van der Waals surface area contributed by atoms with Gasteiger partial charge in [0.05, 0.1) is 19.8 Å². The summed E-state index contributed by atoms with van der Waals surface area (Å²) < 4.78 is 21.9. The van der Waals surface area contributed by atoms with Crippen LogP contribution in [-0.2, 0) is 23.7 Å². The standard InChI is InChI=1S/C16H28N4O11/c1-6(23)19-9-14(31-16-13(27)12(26)10(24)7(4-21)30-16)11(25)8(5-22)29-15(9)28-3-2-18-20-17/h7-16,21-22,24-27H,2-5H2,1H3,(H,19,23)/t7-,8-,9-,10+,11-,12+,13-,14-,15-,16+/m1/s1. The van der Waals surface area contributed by atoms with Crippen LogP contribution in [0.4, 0.5) is 0 Å². The van der Waals surface area contributed by atoms with Gasteiger partial charge in [-0.1, -0.05) is 5.11 Å². The van der Waals surface area contributed by atoms with Crippen molar-refractivity contribution in [2.45, 2.75) is 68.3 Å². The summed E-state index contributed by atoms with van der Waals surface area (Å²) >= 11 is 0. The summed E-state index contributed by atoms with van der Waals surface area (Å²) in [5, 5.41) is 65.4. The lowest BCUT2D eigenvalue weighted by Gasteiger charge is -2.47. The van der Waals surface area contributed by atoms with Crippen molar-refractivity contribution in [1.82, 2.24) is 5.32 Å². The van der Waals surface area contributed by atoms with E-state index in [2.05, 4.69) is 15.3 Å². The molecule has 2 aliphatic rings. The molecule has 0 saturated carbocycles. The second-order valence-electron chi connectivity index (χ2n) is 7.07. The molecule has 0 aromatic carbocycles. The van der Waals surface area contributed by atoms with E-state index in [-0.39, 0.29) is 13.2 Å². The molecule has 0 aromatic rings. The highest BCUT2D eigenvalue weighted by atomic mass is 16.7. The van der Waals surface area contributed by atoms with Crippen molar-refractivity contribution in [2.75, 3.05) is 26.4 Å². The maximum Gasteiger partial charge on any atom is 0.217 e. The van der Waals surface area contributed by atoms with Crippen molar-refractivity contribution in [3.63, 3.8) is 0 Å². The van der Waals surface area contributed by atoms with Crippen molar-refractivity contribution in [2.24, 2.45) is 5.11 Å². The Balaban J connectivity index is 2.25. The molecule has 0 radical (unpaired) electrons. The smallest absolute Gasteiger partial charge is 0.217 e. The van der Waals surface area contributed by atoms with Crippen LogP contribution in [-0.4, -0.2) is 124 Å². The number of aliphatic hydroxyl groups is 6. The number of nitrogens with one attached hydrogen (secondary N) is 1. The number of amides is 1. The third-order valence-corrected chi connectivity index (χ3v) is 4.90. The molecule has 0 bridgehead atoms. The summed E-state index contributed by atoms with van der Waals surface area (Å²) in [6.07, 6.45) is -13.4. The highest BCUT2D eigenvalue weighted by Crippen LogP contribution is 2.29. The Morgan fingerprint density at radius 3 is 2.23 bits per heavy atom.